The van der Waals surface area contributed by atoms with E-state index in [9.17, 15) is 14.7 Å². The Hall–Kier alpha value is -3.62. The third-order valence-electron chi connectivity index (χ3n) is 4.98. The minimum absolute atomic E-state index is 0.0246. The lowest BCUT2D eigenvalue weighted by Crippen LogP contribution is -2.33. The Labute approximate surface area is 183 Å². The fourth-order valence-corrected chi connectivity index (χ4v) is 4.84. The highest BCUT2D eigenvalue weighted by molar-refractivity contribution is 7.22. The number of rotatable bonds is 3. The van der Waals surface area contributed by atoms with Crippen LogP contribution >= 0.6 is 22.9 Å². The molecule has 0 saturated carbocycles. The summed E-state index contributed by atoms with van der Waals surface area (Å²) < 4.78 is 6.67. The Bertz CT molecular complexity index is 1600. The smallest absolute Gasteiger partial charge is 0.333 e. The quantitative estimate of drug-likeness (QED) is 0.425. The molecule has 2 N–H and O–H groups in total. The fraction of sp³-hybridized carbons (Fsp3) is 0.0455. The van der Waals surface area contributed by atoms with E-state index in [0.29, 0.717) is 37.3 Å². The highest BCUT2D eigenvalue weighted by Crippen LogP contribution is 2.37. The van der Waals surface area contributed by atoms with Gasteiger partial charge in [-0.2, -0.15) is 0 Å². The maximum absolute atomic E-state index is 13.3. The summed E-state index contributed by atoms with van der Waals surface area (Å²) in [6, 6.07) is 11.7. The van der Waals surface area contributed by atoms with Crippen molar-refractivity contribution in [1.82, 2.24) is 14.5 Å². The second kappa shape index (κ2) is 7.26. The van der Waals surface area contributed by atoms with Gasteiger partial charge in [-0.25, -0.2) is 9.36 Å². The Morgan fingerprint density at radius 2 is 1.97 bits per heavy atom. The molecule has 3 aromatic heterocycles. The van der Waals surface area contributed by atoms with E-state index in [4.69, 9.17) is 16.3 Å². The number of ether oxygens (including phenoxy) is 1. The summed E-state index contributed by atoms with van der Waals surface area (Å²) in [5.74, 6) is 0.654. The van der Waals surface area contributed by atoms with Gasteiger partial charge < -0.3 is 14.8 Å². The van der Waals surface area contributed by atoms with E-state index in [2.05, 4.69) is 9.97 Å². The van der Waals surface area contributed by atoms with Gasteiger partial charge in [0.25, 0.3) is 5.56 Å². The van der Waals surface area contributed by atoms with Crippen molar-refractivity contribution in [2.24, 2.45) is 0 Å². The van der Waals surface area contributed by atoms with Gasteiger partial charge in [0.05, 0.1) is 24.5 Å². The van der Waals surface area contributed by atoms with E-state index in [1.165, 1.54) is 29.7 Å². The normalized spacial score (nSPS) is 11.3. The zero-order valence-corrected chi connectivity index (χ0v) is 17.6. The number of benzene rings is 2. The Kier molecular flexibility index (Phi) is 4.53. The van der Waals surface area contributed by atoms with E-state index in [1.807, 2.05) is 0 Å². The van der Waals surface area contributed by atoms with Crippen LogP contribution in [0.2, 0.25) is 5.02 Å². The van der Waals surface area contributed by atoms with Crippen LogP contribution < -0.4 is 16.0 Å². The number of methoxy groups -OCH3 is 1. The first-order valence-electron chi connectivity index (χ1n) is 9.16. The number of nitrogens with zero attached hydrogens (tertiary/aromatic N) is 2. The predicted octanol–water partition coefficient (Wildman–Crippen LogP) is 4.32. The molecule has 5 rings (SSSR count). The Morgan fingerprint density at radius 1 is 1.13 bits per heavy atom. The average molecular weight is 452 g/mol. The Morgan fingerprint density at radius 3 is 2.77 bits per heavy atom. The van der Waals surface area contributed by atoms with Crippen LogP contribution in [0.15, 0.2) is 64.4 Å². The molecule has 0 saturated heterocycles. The van der Waals surface area contributed by atoms with E-state index >= 15 is 0 Å². The molecular formula is C22H14ClN3O4S. The van der Waals surface area contributed by atoms with Gasteiger partial charge in [-0.3, -0.25) is 9.78 Å². The highest BCUT2D eigenvalue weighted by atomic mass is 35.5. The van der Waals surface area contributed by atoms with Crippen molar-refractivity contribution < 1.29 is 9.84 Å². The van der Waals surface area contributed by atoms with Gasteiger partial charge in [-0.15, -0.1) is 11.3 Å². The molecule has 0 radical (unpaired) electrons. The summed E-state index contributed by atoms with van der Waals surface area (Å²) in [5.41, 5.74) is 0.325. The average Bonchev–Trinajstić information content (AvgIpc) is 3.18. The summed E-state index contributed by atoms with van der Waals surface area (Å²) >= 11 is 7.58. The molecule has 0 spiro atoms. The predicted molar refractivity (Wildman–Crippen MR) is 122 cm³/mol. The monoisotopic (exact) mass is 451 g/mol. The van der Waals surface area contributed by atoms with E-state index < -0.39 is 11.2 Å². The number of fused-ring (bicyclic) bond motifs is 2. The first-order valence-corrected chi connectivity index (χ1v) is 10.4. The molecule has 0 unspecified atom stereocenters. The van der Waals surface area contributed by atoms with Gasteiger partial charge in [0.2, 0.25) is 0 Å². The van der Waals surface area contributed by atoms with Crippen LogP contribution in [0.5, 0.6) is 11.5 Å². The number of phenols is 1. The number of halogens is 1. The molecule has 2 aromatic carbocycles. The lowest BCUT2D eigenvalue weighted by atomic mass is 10.1. The first kappa shape index (κ1) is 19.3. The minimum atomic E-state index is -0.601. The second-order valence-electron chi connectivity index (χ2n) is 6.83. The largest absolute Gasteiger partial charge is 0.508 e. The standard InChI is InChI=1S/C22H14ClN3O4S/c1-30-13-4-5-16(23)15(7-13)19-8-17-20(31-19)21(28)26(22(29)25-17)18-10-24-9-11-2-3-12(27)6-14(11)18/h2-10,27H,1H3,(H,25,29). The molecule has 3 heterocycles. The van der Waals surface area contributed by atoms with Crippen LogP contribution in [0.4, 0.5) is 0 Å². The molecule has 31 heavy (non-hydrogen) atoms. The van der Waals surface area contributed by atoms with Crippen LogP contribution in [0, 0.1) is 0 Å². The molecule has 154 valence electrons. The van der Waals surface area contributed by atoms with E-state index in [0.717, 1.165) is 9.44 Å². The van der Waals surface area contributed by atoms with Gasteiger partial charge in [-0.1, -0.05) is 11.6 Å². The first-order chi connectivity index (χ1) is 15.0. The van der Waals surface area contributed by atoms with Gasteiger partial charge >= 0.3 is 5.69 Å². The summed E-state index contributed by atoms with van der Waals surface area (Å²) in [6.45, 7) is 0. The molecule has 9 heteroatoms. The van der Waals surface area contributed by atoms with Gasteiger partial charge in [0.15, 0.2) is 0 Å². The molecule has 0 bridgehead atoms. The summed E-state index contributed by atoms with van der Waals surface area (Å²) in [4.78, 5) is 33.8. The van der Waals surface area contributed by atoms with Crippen LogP contribution in [-0.4, -0.2) is 26.8 Å². The number of pyridine rings is 1. The van der Waals surface area contributed by atoms with Crippen LogP contribution in [-0.2, 0) is 0 Å². The molecule has 0 aliphatic carbocycles. The van der Waals surface area contributed by atoms with Crippen molar-refractivity contribution in [3.05, 3.63) is 80.7 Å². The van der Waals surface area contributed by atoms with Gasteiger partial charge in [0.1, 0.15) is 16.2 Å². The summed E-state index contributed by atoms with van der Waals surface area (Å²) in [5, 5.41) is 11.6. The molecule has 0 amide bonds. The summed E-state index contributed by atoms with van der Waals surface area (Å²) in [6.07, 6.45) is 3.03. The van der Waals surface area contributed by atoms with Gasteiger partial charge in [-0.05, 0) is 42.5 Å². The lowest BCUT2D eigenvalue weighted by Gasteiger charge is -2.08. The number of hydrogen-bond acceptors (Lipinski definition) is 6. The second-order valence-corrected chi connectivity index (χ2v) is 8.29. The third-order valence-corrected chi connectivity index (χ3v) is 6.46. The van der Waals surface area contributed by atoms with Crippen molar-refractivity contribution in [2.75, 3.05) is 7.11 Å². The highest BCUT2D eigenvalue weighted by Gasteiger charge is 2.17. The van der Waals surface area contributed by atoms with Crippen LogP contribution in [0.3, 0.4) is 0 Å². The molecule has 0 atom stereocenters. The zero-order valence-electron chi connectivity index (χ0n) is 16.0. The zero-order chi connectivity index (χ0) is 21.7. The SMILES string of the molecule is COc1ccc(Cl)c(-c2cc3[nH]c(=O)n(-c4cncc5ccc(O)cc45)c(=O)c3s2)c1. The number of nitrogens with one attached hydrogen (secondary N) is 1. The van der Waals surface area contributed by atoms with Crippen LogP contribution in [0.1, 0.15) is 0 Å². The van der Waals surface area contributed by atoms with Crippen molar-refractivity contribution in [3.8, 4) is 27.6 Å². The molecule has 0 fully saturated rings. The molecule has 5 aromatic rings. The van der Waals surface area contributed by atoms with Crippen molar-refractivity contribution in [1.29, 1.82) is 0 Å². The number of phenolic OH excluding ortho intramolecular Hbond substituents is 1. The Balaban J connectivity index is 1.78. The topological polar surface area (TPSA) is 97.2 Å². The molecular weight excluding hydrogens is 438 g/mol. The third kappa shape index (κ3) is 3.17. The van der Waals surface area contributed by atoms with Crippen molar-refractivity contribution >= 4 is 43.9 Å². The van der Waals surface area contributed by atoms with Crippen molar-refractivity contribution in [2.45, 2.75) is 0 Å². The number of aromatic nitrogens is 3. The number of H-pyrrole nitrogens is 1. The number of aromatic amines is 1. The maximum atomic E-state index is 13.3. The van der Waals surface area contributed by atoms with E-state index in [1.54, 1.807) is 43.6 Å². The van der Waals surface area contributed by atoms with Crippen LogP contribution in [0.25, 0.3) is 37.1 Å². The minimum Gasteiger partial charge on any atom is -0.508 e. The number of hydrogen-bond donors (Lipinski definition) is 2. The number of aromatic hydroxyl groups is 1. The fourth-order valence-electron chi connectivity index (χ4n) is 3.49. The molecule has 0 aliphatic heterocycles. The maximum Gasteiger partial charge on any atom is 0.333 e. The molecule has 7 nitrogen and oxygen atoms in total. The summed E-state index contributed by atoms with van der Waals surface area (Å²) in [7, 11) is 1.56. The lowest BCUT2D eigenvalue weighted by molar-refractivity contribution is 0.415. The van der Waals surface area contributed by atoms with Gasteiger partial charge in [0, 0.05) is 32.4 Å². The molecule has 0 aliphatic rings. The van der Waals surface area contributed by atoms with E-state index in [-0.39, 0.29) is 11.4 Å². The van der Waals surface area contributed by atoms with Crippen molar-refractivity contribution in [3.63, 3.8) is 0 Å². The number of thiophene rings is 1.